The number of rotatable bonds is 2. The number of hydrogen-bond acceptors (Lipinski definition) is 3. The monoisotopic (exact) mass is 459 g/mol. The molecule has 6 rings (SSSR count). The number of thiophene rings is 2. The molecule has 2 aromatic heterocycles. The zero-order chi connectivity index (χ0) is 18.7. The van der Waals surface area contributed by atoms with Crippen molar-refractivity contribution in [3.63, 3.8) is 0 Å². The highest BCUT2D eigenvalue weighted by Crippen LogP contribution is 2.45. The minimum atomic E-state index is 1.09. The van der Waals surface area contributed by atoms with E-state index in [9.17, 15) is 0 Å². The van der Waals surface area contributed by atoms with Crippen molar-refractivity contribution in [2.45, 2.75) is 0 Å². The molecular weight excluding hydrogens is 446 g/mol. The summed E-state index contributed by atoms with van der Waals surface area (Å²) < 4.78 is 6.32. The van der Waals surface area contributed by atoms with Crippen LogP contribution >= 0.6 is 38.6 Å². The van der Waals surface area contributed by atoms with Gasteiger partial charge in [-0.05, 0) is 40.2 Å². The summed E-state index contributed by atoms with van der Waals surface area (Å²) in [6, 6.07) is 28.2. The summed E-state index contributed by atoms with van der Waals surface area (Å²) in [6.45, 7) is 0. The number of nitrogens with one attached hydrogen (secondary N) is 1. The molecule has 0 bridgehead atoms. The van der Waals surface area contributed by atoms with E-state index in [2.05, 4.69) is 100 Å². The first kappa shape index (κ1) is 16.5. The Balaban J connectivity index is 1.60. The van der Waals surface area contributed by atoms with Crippen molar-refractivity contribution in [1.82, 2.24) is 0 Å². The van der Waals surface area contributed by atoms with Crippen LogP contribution in [0.2, 0.25) is 0 Å². The molecule has 1 nitrogen and oxygen atoms in total. The molecule has 0 unspecified atom stereocenters. The topological polar surface area (TPSA) is 12.0 Å². The van der Waals surface area contributed by atoms with Gasteiger partial charge in [0.25, 0.3) is 0 Å². The van der Waals surface area contributed by atoms with Gasteiger partial charge in [-0.25, -0.2) is 0 Å². The first-order valence-corrected chi connectivity index (χ1v) is 11.5. The van der Waals surface area contributed by atoms with Crippen molar-refractivity contribution in [2.24, 2.45) is 0 Å². The normalized spacial score (nSPS) is 11.8. The number of anilines is 2. The minimum Gasteiger partial charge on any atom is -0.352 e. The van der Waals surface area contributed by atoms with Crippen molar-refractivity contribution < 1.29 is 0 Å². The van der Waals surface area contributed by atoms with E-state index >= 15 is 0 Å². The van der Waals surface area contributed by atoms with Gasteiger partial charge in [-0.3, -0.25) is 0 Å². The van der Waals surface area contributed by atoms with Crippen molar-refractivity contribution in [1.29, 1.82) is 0 Å². The van der Waals surface area contributed by atoms with Crippen LogP contribution in [0.3, 0.4) is 0 Å². The molecule has 0 fully saturated rings. The van der Waals surface area contributed by atoms with Crippen LogP contribution < -0.4 is 5.32 Å². The molecule has 0 radical (unpaired) electrons. The quantitative estimate of drug-likeness (QED) is 0.272. The van der Waals surface area contributed by atoms with Gasteiger partial charge in [0, 0.05) is 35.4 Å². The Morgan fingerprint density at radius 3 is 1.93 bits per heavy atom. The van der Waals surface area contributed by atoms with Gasteiger partial charge in [0.05, 0.1) is 20.8 Å². The third kappa shape index (κ3) is 2.42. The summed E-state index contributed by atoms with van der Waals surface area (Å²) in [7, 11) is 0. The lowest BCUT2D eigenvalue weighted by molar-refractivity contribution is 1.62. The summed E-state index contributed by atoms with van der Waals surface area (Å²) in [5, 5.41) is 9.01. The highest BCUT2D eigenvalue weighted by atomic mass is 79.9. The lowest BCUT2D eigenvalue weighted by Crippen LogP contribution is -1.91. The van der Waals surface area contributed by atoms with Crippen LogP contribution in [-0.4, -0.2) is 0 Å². The Morgan fingerprint density at radius 2 is 1.18 bits per heavy atom. The lowest BCUT2D eigenvalue weighted by Gasteiger charge is -2.11. The van der Waals surface area contributed by atoms with Crippen LogP contribution in [0.15, 0.2) is 83.3 Å². The van der Waals surface area contributed by atoms with Crippen molar-refractivity contribution >= 4 is 90.3 Å². The fraction of sp³-hybridized carbons (Fsp3) is 0. The Hall–Kier alpha value is -2.40. The molecule has 4 heteroatoms. The van der Waals surface area contributed by atoms with Crippen LogP contribution in [0.25, 0.3) is 40.3 Å². The second kappa shape index (κ2) is 6.31. The van der Waals surface area contributed by atoms with E-state index in [1.54, 1.807) is 0 Å². The van der Waals surface area contributed by atoms with Gasteiger partial charge in [-0.2, -0.15) is 0 Å². The average molecular weight is 460 g/mol. The fourth-order valence-electron chi connectivity index (χ4n) is 3.86. The third-order valence-corrected chi connectivity index (χ3v) is 8.24. The number of benzene rings is 4. The smallest absolute Gasteiger partial charge is 0.0710 e. The van der Waals surface area contributed by atoms with Gasteiger partial charge in [0.1, 0.15) is 0 Å². The van der Waals surface area contributed by atoms with Crippen LogP contribution in [0.5, 0.6) is 0 Å². The minimum absolute atomic E-state index is 1.09. The third-order valence-electron chi connectivity index (χ3n) is 5.16. The van der Waals surface area contributed by atoms with Gasteiger partial charge < -0.3 is 5.32 Å². The number of hydrogen-bond donors (Lipinski definition) is 1. The fourth-order valence-corrected chi connectivity index (χ4v) is 6.80. The summed E-state index contributed by atoms with van der Waals surface area (Å²) >= 11 is 7.47. The van der Waals surface area contributed by atoms with Crippen LogP contribution in [0.4, 0.5) is 11.4 Å². The highest BCUT2D eigenvalue weighted by Gasteiger charge is 2.14. The summed E-state index contributed by atoms with van der Waals surface area (Å²) in [5.41, 5.74) is 2.30. The molecule has 0 spiro atoms. The molecule has 28 heavy (non-hydrogen) atoms. The SMILES string of the molecule is Brc1ccc2c(sc3ccccc32)c1Nc1cccc2c1sc1ccccc12. The Morgan fingerprint density at radius 1 is 0.571 bits per heavy atom. The van der Waals surface area contributed by atoms with Gasteiger partial charge in [-0.15, -0.1) is 22.7 Å². The maximum absolute atomic E-state index is 3.78. The van der Waals surface area contributed by atoms with Crippen LogP contribution in [-0.2, 0) is 0 Å². The Kier molecular flexibility index (Phi) is 3.73. The van der Waals surface area contributed by atoms with E-state index in [1.807, 2.05) is 22.7 Å². The van der Waals surface area contributed by atoms with E-state index in [4.69, 9.17) is 0 Å². The zero-order valence-corrected chi connectivity index (χ0v) is 17.9. The van der Waals surface area contributed by atoms with E-state index in [0.717, 1.165) is 15.8 Å². The predicted octanol–water partition coefficient (Wildman–Crippen LogP) is 8.93. The second-order valence-electron chi connectivity index (χ2n) is 6.80. The summed E-state index contributed by atoms with van der Waals surface area (Å²) in [5.74, 6) is 0. The molecular formula is C24H14BrNS2. The van der Waals surface area contributed by atoms with Gasteiger partial charge in [0.2, 0.25) is 0 Å². The molecule has 1 N–H and O–H groups in total. The second-order valence-corrected chi connectivity index (χ2v) is 9.76. The van der Waals surface area contributed by atoms with Crippen molar-refractivity contribution in [2.75, 3.05) is 5.32 Å². The number of fused-ring (bicyclic) bond motifs is 6. The Bertz CT molecular complexity index is 1510. The molecule has 0 saturated heterocycles. The molecule has 4 aromatic carbocycles. The van der Waals surface area contributed by atoms with Gasteiger partial charge >= 0.3 is 0 Å². The summed E-state index contributed by atoms with van der Waals surface area (Å²) in [4.78, 5) is 0. The average Bonchev–Trinajstić information content (AvgIpc) is 3.29. The molecule has 6 aromatic rings. The first-order chi connectivity index (χ1) is 13.8. The van der Waals surface area contributed by atoms with Crippen LogP contribution in [0, 0.1) is 0 Å². The molecule has 134 valence electrons. The number of halogens is 1. The van der Waals surface area contributed by atoms with Crippen molar-refractivity contribution in [3.8, 4) is 0 Å². The first-order valence-electron chi connectivity index (χ1n) is 9.06. The zero-order valence-electron chi connectivity index (χ0n) is 14.7. The van der Waals surface area contributed by atoms with E-state index in [1.165, 1.54) is 40.3 Å². The maximum atomic E-state index is 3.78. The van der Waals surface area contributed by atoms with Gasteiger partial charge in [-0.1, -0.05) is 54.6 Å². The standard InChI is InChI=1S/C24H14BrNS2/c25-18-13-12-17-15-7-2-4-11-21(15)28-24(17)22(18)26-19-9-5-8-16-14-6-1-3-10-20(14)27-23(16)19/h1-13,26H. The maximum Gasteiger partial charge on any atom is 0.0710 e. The van der Waals surface area contributed by atoms with E-state index < -0.39 is 0 Å². The van der Waals surface area contributed by atoms with Gasteiger partial charge in [0.15, 0.2) is 0 Å². The predicted molar refractivity (Wildman–Crippen MR) is 130 cm³/mol. The molecule has 0 aliphatic rings. The molecule has 0 aliphatic carbocycles. The van der Waals surface area contributed by atoms with E-state index in [-0.39, 0.29) is 0 Å². The van der Waals surface area contributed by atoms with E-state index in [0.29, 0.717) is 0 Å². The molecule has 0 amide bonds. The molecule has 0 saturated carbocycles. The Labute approximate surface area is 178 Å². The summed E-state index contributed by atoms with van der Waals surface area (Å²) in [6.07, 6.45) is 0. The lowest BCUT2D eigenvalue weighted by atomic mass is 10.1. The van der Waals surface area contributed by atoms with Crippen LogP contribution in [0.1, 0.15) is 0 Å². The largest absolute Gasteiger partial charge is 0.352 e. The molecule has 0 atom stereocenters. The van der Waals surface area contributed by atoms with Crippen molar-refractivity contribution in [3.05, 3.63) is 83.3 Å². The molecule has 2 heterocycles. The highest BCUT2D eigenvalue weighted by molar-refractivity contribution is 9.10. The molecule has 0 aliphatic heterocycles.